The van der Waals surface area contributed by atoms with Crippen LogP contribution < -0.4 is 14.6 Å². The molecule has 0 aliphatic heterocycles. The smallest absolute Gasteiger partial charge is 0.268 e. The standard InChI is InChI=1S/C32H44N2O2S/c1-3-4-5-6-7-8-9-10-11-12-13-14-23-36-30-17-15-16-27(25-30)26-31(35)33-29-20-18-28(19-21-29)32-34(2)22-24-37-32/h15-22,24-25H,3-14,23,26H2,1-2H3/p+1. The predicted molar refractivity (Wildman–Crippen MR) is 156 cm³/mol. The lowest BCUT2D eigenvalue weighted by atomic mass is 10.1. The number of carbonyl (C=O) groups is 1. The zero-order valence-electron chi connectivity index (χ0n) is 22.8. The maximum absolute atomic E-state index is 12.6. The van der Waals surface area contributed by atoms with E-state index in [2.05, 4.69) is 22.2 Å². The zero-order chi connectivity index (χ0) is 26.1. The summed E-state index contributed by atoms with van der Waals surface area (Å²) in [6, 6.07) is 15.9. The minimum Gasteiger partial charge on any atom is -0.494 e. The number of thiazole rings is 1. The van der Waals surface area contributed by atoms with Gasteiger partial charge in [0.1, 0.15) is 12.8 Å². The van der Waals surface area contributed by atoms with E-state index in [0.717, 1.165) is 35.6 Å². The van der Waals surface area contributed by atoms with Crippen LogP contribution in [0.25, 0.3) is 10.6 Å². The van der Waals surface area contributed by atoms with Gasteiger partial charge in [0.2, 0.25) is 5.91 Å². The van der Waals surface area contributed by atoms with Crippen LogP contribution in [0.3, 0.4) is 0 Å². The topological polar surface area (TPSA) is 42.2 Å². The molecule has 0 bridgehead atoms. The number of hydrogen-bond acceptors (Lipinski definition) is 3. The molecule has 2 aromatic carbocycles. The first-order chi connectivity index (χ1) is 18.2. The first-order valence-electron chi connectivity index (χ1n) is 14.2. The van der Waals surface area contributed by atoms with Gasteiger partial charge < -0.3 is 10.1 Å². The number of aromatic nitrogens is 1. The molecule has 0 radical (unpaired) electrons. The molecule has 0 unspecified atom stereocenters. The van der Waals surface area contributed by atoms with Crippen LogP contribution in [-0.2, 0) is 18.3 Å². The molecule has 37 heavy (non-hydrogen) atoms. The molecule has 0 fully saturated rings. The van der Waals surface area contributed by atoms with Gasteiger partial charge in [-0.25, -0.2) is 0 Å². The lowest BCUT2D eigenvalue weighted by Crippen LogP contribution is -2.26. The highest BCUT2D eigenvalue weighted by atomic mass is 32.1. The van der Waals surface area contributed by atoms with Gasteiger partial charge in [-0.1, -0.05) is 101 Å². The second kappa shape index (κ2) is 17.0. The number of nitrogens with zero attached hydrogens (tertiary/aromatic N) is 1. The van der Waals surface area contributed by atoms with Crippen molar-refractivity contribution in [2.45, 2.75) is 90.4 Å². The average molecular weight is 522 g/mol. The number of rotatable bonds is 18. The summed E-state index contributed by atoms with van der Waals surface area (Å²) in [4.78, 5) is 12.6. The molecule has 0 spiro atoms. The van der Waals surface area contributed by atoms with Crippen LogP contribution in [0.1, 0.15) is 89.5 Å². The second-order valence-corrected chi connectivity index (χ2v) is 10.9. The predicted octanol–water partition coefficient (Wildman–Crippen LogP) is 8.50. The molecule has 0 saturated heterocycles. The third-order valence-electron chi connectivity index (χ3n) is 6.73. The largest absolute Gasteiger partial charge is 0.494 e. The van der Waals surface area contributed by atoms with Crippen molar-refractivity contribution < 1.29 is 14.1 Å². The van der Waals surface area contributed by atoms with E-state index in [9.17, 15) is 4.79 Å². The number of benzene rings is 2. The second-order valence-electron chi connectivity index (χ2n) is 10.0. The Hall–Kier alpha value is -2.66. The summed E-state index contributed by atoms with van der Waals surface area (Å²) in [6.07, 6.45) is 18.5. The molecule has 1 aromatic heterocycles. The first kappa shape index (κ1) is 28.9. The molecule has 3 rings (SSSR count). The van der Waals surface area contributed by atoms with Crippen LogP contribution in [0.2, 0.25) is 0 Å². The van der Waals surface area contributed by atoms with Crippen LogP contribution in [0.15, 0.2) is 60.1 Å². The molecule has 4 nitrogen and oxygen atoms in total. The SMILES string of the molecule is CCCCCCCCCCCCCCOc1cccc(CC(=O)Nc2ccc(-c3scc[n+]3C)cc2)c1. The van der Waals surface area contributed by atoms with Gasteiger partial charge in [-0.2, -0.15) is 4.57 Å². The van der Waals surface area contributed by atoms with Gasteiger partial charge >= 0.3 is 0 Å². The minimum atomic E-state index is -0.0208. The molecule has 0 atom stereocenters. The van der Waals surface area contributed by atoms with E-state index in [0.29, 0.717) is 6.42 Å². The Bertz CT molecular complexity index is 1040. The molecule has 5 heteroatoms. The minimum absolute atomic E-state index is 0.0208. The van der Waals surface area contributed by atoms with Gasteiger partial charge in [-0.05, 0) is 48.4 Å². The van der Waals surface area contributed by atoms with Crippen molar-refractivity contribution in [2.75, 3.05) is 11.9 Å². The summed E-state index contributed by atoms with van der Waals surface area (Å²) < 4.78 is 8.07. The van der Waals surface area contributed by atoms with E-state index in [1.165, 1.54) is 75.6 Å². The summed E-state index contributed by atoms with van der Waals surface area (Å²) in [5, 5.41) is 6.27. The highest BCUT2D eigenvalue weighted by Gasteiger charge is 2.11. The summed E-state index contributed by atoms with van der Waals surface area (Å²) >= 11 is 1.70. The van der Waals surface area contributed by atoms with E-state index in [1.807, 2.05) is 61.8 Å². The number of hydrogen-bond donors (Lipinski definition) is 1. The third kappa shape index (κ3) is 11.1. The van der Waals surface area contributed by atoms with Gasteiger partial charge in [-0.15, -0.1) is 0 Å². The van der Waals surface area contributed by atoms with Crippen molar-refractivity contribution in [3.63, 3.8) is 0 Å². The number of anilines is 1. The Balaban J connectivity index is 1.28. The maximum Gasteiger partial charge on any atom is 0.268 e. The molecule has 200 valence electrons. The van der Waals surface area contributed by atoms with Crippen LogP contribution in [0.5, 0.6) is 5.75 Å². The highest BCUT2D eigenvalue weighted by molar-refractivity contribution is 7.12. The van der Waals surface area contributed by atoms with Crippen molar-refractivity contribution in [3.05, 3.63) is 65.7 Å². The van der Waals surface area contributed by atoms with Crippen LogP contribution in [0.4, 0.5) is 5.69 Å². The zero-order valence-corrected chi connectivity index (χ0v) is 23.7. The summed E-state index contributed by atoms with van der Waals surface area (Å²) in [5.74, 6) is 0.828. The van der Waals surface area contributed by atoms with E-state index in [4.69, 9.17) is 4.74 Å². The third-order valence-corrected chi connectivity index (χ3v) is 7.73. The fraction of sp³-hybridized carbons (Fsp3) is 0.500. The first-order valence-corrected chi connectivity index (χ1v) is 15.1. The van der Waals surface area contributed by atoms with E-state index in [-0.39, 0.29) is 5.91 Å². The van der Waals surface area contributed by atoms with Gasteiger partial charge in [-0.3, -0.25) is 4.79 Å². The normalized spacial score (nSPS) is 11.0. The Kier molecular flexibility index (Phi) is 13.3. The lowest BCUT2D eigenvalue weighted by Gasteiger charge is -2.09. The Labute approximate surface area is 228 Å². The molecule has 1 heterocycles. The van der Waals surface area contributed by atoms with Crippen LogP contribution in [-0.4, -0.2) is 12.5 Å². The van der Waals surface area contributed by atoms with Gasteiger partial charge in [0, 0.05) is 5.69 Å². The molecular weight excluding hydrogens is 476 g/mol. The summed E-state index contributed by atoms with van der Waals surface area (Å²) in [5.41, 5.74) is 2.92. The molecule has 1 amide bonds. The number of amides is 1. The monoisotopic (exact) mass is 521 g/mol. The fourth-order valence-corrected chi connectivity index (χ4v) is 5.45. The van der Waals surface area contributed by atoms with Crippen molar-refractivity contribution in [1.29, 1.82) is 0 Å². The number of aryl methyl sites for hydroxylation is 1. The Morgan fingerprint density at radius 2 is 1.51 bits per heavy atom. The maximum atomic E-state index is 12.6. The average Bonchev–Trinajstić information content (AvgIpc) is 3.33. The molecule has 3 aromatic rings. The number of ether oxygens (including phenoxy) is 1. The van der Waals surface area contributed by atoms with Crippen molar-refractivity contribution in [1.82, 2.24) is 0 Å². The quantitative estimate of drug-likeness (QED) is 0.135. The lowest BCUT2D eigenvalue weighted by molar-refractivity contribution is -0.655. The van der Waals surface area contributed by atoms with Crippen LogP contribution >= 0.6 is 11.3 Å². The molecule has 0 aliphatic rings. The van der Waals surface area contributed by atoms with Crippen molar-refractivity contribution >= 4 is 22.9 Å². The highest BCUT2D eigenvalue weighted by Crippen LogP contribution is 2.22. The van der Waals surface area contributed by atoms with Crippen LogP contribution in [0, 0.1) is 0 Å². The fourth-order valence-electron chi connectivity index (χ4n) is 4.57. The van der Waals surface area contributed by atoms with Crippen molar-refractivity contribution in [2.24, 2.45) is 7.05 Å². The Morgan fingerprint density at radius 3 is 2.14 bits per heavy atom. The Morgan fingerprint density at radius 1 is 0.865 bits per heavy atom. The number of nitrogens with one attached hydrogen (secondary N) is 1. The van der Waals surface area contributed by atoms with Crippen molar-refractivity contribution in [3.8, 4) is 16.3 Å². The summed E-state index contributed by atoms with van der Waals surface area (Å²) in [7, 11) is 2.04. The van der Waals surface area contributed by atoms with Gasteiger partial charge in [0.15, 0.2) is 6.20 Å². The van der Waals surface area contributed by atoms with E-state index < -0.39 is 0 Å². The number of carbonyl (C=O) groups excluding carboxylic acids is 1. The summed E-state index contributed by atoms with van der Waals surface area (Å²) in [6.45, 7) is 3.01. The molecular formula is C32H45N2O2S+. The van der Waals surface area contributed by atoms with E-state index in [1.54, 1.807) is 11.3 Å². The molecule has 1 N–H and O–H groups in total. The molecule has 0 saturated carbocycles. The number of unbranched alkanes of at least 4 members (excludes halogenated alkanes) is 11. The van der Waals surface area contributed by atoms with Gasteiger partial charge in [0.25, 0.3) is 5.01 Å². The molecule has 0 aliphatic carbocycles. The van der Waals surface area contributed by atoms with E-state index >= 15 is 0 Å². The van der Waals surface area contributed by atoms with Gasteiger partial charge in [0.05, 0.1) is 24.0 Å².